The fourth-order valence-corrected chi connectivity index (χ4v) is 3.29. The van der Waals surface area contributed by atoms with Crippen LogP contribution in [0.1, 0.15) is 31.7 Å². The van der Waals surface area contributed by atoms with Gasteiger partial charge < -0.3 is 14.9 Å². The maximum absolute atomic E-state index is 9.88. The molecule has 0 saturated carbocycles. The molecule has 1 fully saturated rings. The molecule has 0 bridgehead atoms. The molecule has 0 amide bonds. The summed E-state index contributed by atoms with van der Waals surface area (Å²) in [7, 11) is 4.12. The summed E-state index contributed by atoms with van der Waals surface area (Å²) in [4.78, 5) is 13.4. The van der Waals surface area contributed by atoms with Gasteiger partial charge in [0, 0.05) is 37.4 Å². The van der Waals surface area contributed by atoms with E-state index in [-0.39, 0.29) is 12.0 Å². The van der Waals surface area contributed by atoms with E-state index in [0.717, 1.165) is 51.3 Å². The van der Waals surface area contributed by atoms with Gasteiger partial charge in [0.2, 0.25) is 5.95 Å². The van der Waals surface area contributed by atoms with E-state index in [1.807, 2.05) is 12.4 Å². The second kappa shape index (κ2) is 7.18. The first-order valence-corrected chi connectivity index (χ1v) is 7.90. The van der Waals surface area contributed by atoms with E-state index in [1.165, 1.54) is 5.56 Å². The molecule has 118 valence electrons. The Hall–Kier alpha value is -1.20. The van der Waals surface area contributed by atoms with Crippen molar-refractivity contribution in [3.63, 3.8) is 0 Å². The van der Waals surface area contributed by atoms with Gasteiger partial charge in [-0.25, -0.2) is 9.97 Å². The molecule has 0 radical (unpaired) electrons. The molecule has 1 atom stereocenters. The zero-order chi connectivity index (χ0) is 15.3. The van der Waals surface area contributed by atoms with Gasteiger partial charge in [-0.15, -0.1) is 0 Å². The number of hydrogen-bond donors (Lipinski definition) is 1. The Morgan fingerprint density at radius 1 is 1.33 bits per heavy atom. The van der Waals surface area contributed by atoms with Crippen molar-refractivity contribution >= 4 is 5.95 Å². The highest BCUT2D eigenvalue weighted by Gasteiger charge is 2.36. The molecular formula is C16H28N4O. The van der Waals surface area contributed by atoms with E-state index in [0.29, 0.717) is 0 Å². The first kappa shape index (κ1) is 16.2. The summed E-state index contributed by atoms with van der Waals surface area (Å²) in [6.07, 6.45) is 8.16. The molecule has 0 aromatic carbocycles. The number of aliphatic hydroxyl groups excluding tert-OH is 1. The van der Waals surface area contributed by atoms with E-state index in [2.05, 4.69) is 40.8 Å². The van der Waals surface area contributed by atoms with Crippen molar-refractivity contribution < 1.29 is 5.11 Å². The van der Waals surface area contributed by atoms with Crippen LogP contribution in [0.3, 0.4) is 0 Å². The molecule has 2 heterocycles. The van der Waals surface area contributed by atoms with Crippen LogP contribution < -0.4 is 4.90 Å². The number of aliphatic hydroxyl groups is 1. The smallest absolute Gasteiger partial charge is 0.225 e. The van der Waals surface area contributed by atoms with Crippen LogP contribution in [0.25, 0.3) is 0 Å². The normalized spacial score (nSPS) is 22.8. The molecule has 21 heavy (non-hydrogen) atoms. The summed E-state index contributed by atoms with van der Waals surface area (Å²) in [5.74, 6) is 0.797. The highest BCUT2D eigenvalue weighted by Crippen LogP contribution is 2.31. The molecular weight excluding hydrogens is 264 g/mol. The summed E-state index contributed by atoms with van der Waals surface area (Å²) in [5.41, 5.74) is 1.13. The zero-order valence-electron chi connectivity index (χ0n) is 13.5. The second-order valence-electron chi connectivity index (χ2n) is 6.56. The molecule has 0 spiro atoms. The number of rotatable bonds is 6. The standard InChI is InChI=1S/C16H28N4O/c1-4-6-14-9-17-15(18-10-14)20-8-5-7-16(12-20,13-21)11-19(2)3/h9-10,21H,4-8,11-13H2,1-3H3/t16-/m0/s1. The lowest BCUT2D eigenvalue weighted by atomic mass is 9.80. The number of aromatic nitrogens is 2. The van der Waals surface area contributed by atoms with Gasteiger partial charge in [0.05, 0.1) is 6.61 Å². The molecule has 5 nitrogen and oxygen atoms in total. The Balaban J connectivity index is 2.09. The average Bonchev–Trinajstić information content (AvgIpc) is 2.48. The van der Waals surface area contributed by atoms with Crippen LogP contribution >= 0.6 is 0 Å². The van der Waals surface area contributed by atoms with Gasteiger partial charge in [0.1, 0.15) is 0 Å². The van der Waals surface area contributed by atoms with Crippen molar-refractivity contribution in [3.8, 4) is 0 Å². The van der Waals surface area contributed by atoms with Crippen LogP contribution in [-0.4, -0.2) is 60.3 Å². The summed E-state index contributed by atoms with van der Waals surface area (Å²) < 4.78 is 0. The van der Waals surface area contributed by atoms with Crippen LogP contribution in [0.4, 0.5) is 5.95 Å². The van der Waals surface area contributed by atoms with Crippen LogP contribution in [0, 0.1) is 5.41 Å². The van der Waals surface area contributed by atoms with Gasteiger partial charge in [-0.1, -0.05) is 13.3 Å². The topological polar surface area (TPSA) is 52.5 Å². The van der Waals surface area contributed by atoms with Gasteiger partial charge in [-0.05, 0) is 38.9 Å². The Kier molecular flexibility index (Phi) is 5.53. The monoisotopic (exact) mass is 292 g/mol. The predicted octanol–water partition coefficient (Wildman–Crippen LogP) is 1.57. The third kappa shape index (κ3) is 4.14. The van der Waals surface area contributed by atoms with E-state index in [4.69, 9.17) is 0 Å². The summed E-state index contributed by atoms with van der Waals surface area (Å²) in [5, 5.41) is 9.88. The molecule has 1 aromatic heterocycles. The van der Waals surface area contributed by atoms with E-state index in [1.54, 1.807) is 0 Å². The van der Waals surface area contributed by atoms with Crippen molar-refractivity contribution in [3.05, 3.63) is 18.0 Å². The van der Waals surface area contributed by atoms with Crippen molar-refractivity contribution in [2.75, 3.05) is 45.2 Å². The zero-order valence-corrected chi connectivity index (χ0v) is 13.5. The quantitative estimate of drug-likeness (QED) is 0.862. The molecule has 5 heteroatoms. The summed E-state index contributed by atoms with van der Waals surface area (Å²) >= 11 is 0. The highest BCUT2D eigenvalue weighted by atomic mass is 16.3. The van der Waals surface area contributed by atoms with E-state index in [9.17, 15) is 5.11 Å². The lowest BCUT2D eigenvalue weighted by Gasteiger charge is -2.43. The molecule has 1 N–H and O–H groups in total. The summed E-state index contributed by atoms with van der Waals surface area (Å²) in [6.45, 7) is 5.08. The first-order chi connectivity index (χ1) is 10.1. The van der Waals surface area contributed by atoms with Crippen LogP contribution in [-0.2, 0) is 6.42 Å². The molecule has 1 aliphatic rings. The third-order valence-electron chi connectivity index (χ3n) is 4.16. The maximum Gasteiger partial charge on any atom is 0.225 e. The number of aryl methyl sites for hydroxylation is 1. The first-order valence-electron chi connectivity index (χ1n) is 7.90. The Morgan fingerprint density at radius 2 is 2.05 bits per heavy atom. The van der Waals surface area contributed by atoms with Gasteiger partial charge >= 0.3 is 0 Å². The Labute approximate surface area is 128 Å². The van der Waals surface area contributed by atoms with E-state index < -0.39 is 0 Å². The molecule has 1 saturated heterocycles. The minimum Gasteiger partial charge on any atom is -0.396 e. The Morgan fingerprint density at radius 3 is 2.62 bits per heavy atom. The number of piperidine rings is 1. The average molecular weight is 292 g/mol. The van der Waals surface area contributed by atoms with Crippen molar-refractivity contribution in [1.82, 2.24) is 14.9 Å². The summed E-state index contributed by atoms with van der Waals surface area (Å²) in [6, 6.07) is 0. The molecule has 0 aliphatic carbocycles. The van der Waals surface area contributed by atoms with E-state index >= 15 is 0 Å². The molecule has 2 rings (SSSR count). The van der Waals surface area contributed by atoms with Crippen molar-refractivity contribution in [2.24, 2.45) is 5.41 Å². The lowest BCUT2D eigenvalue weighted by Crippen LogP contribution is -2.50. The fraction of sp³-hybridized carbons (Fsp3) is 0.750. The van der Waals surface area contributed by atoms with Crippen LogP contribution in [0.15, 0.2) is 12.4 Å². The molecule has 0 unspecified atom stereocenters. The van der Waals surface area contributed by atoms with Crippen LogP contribution in [0.2, 0.25) is 0 Å². The minimum absolute atomic E-state index is 0.0623. The lowest BCUT2D eigenvalue weighted by molar-refractivity contribution is 0.0758. The Bertz CT molecular complexity index is 434. The van der Waals surface area contributed by atoms with Crippen molar-refractivity contribution in [2.45, 2.75) is 32.6 Å². The largest absolute Gasteiger partial charge is 0.396 e. The van der Waals surface area contributed by atoms with Gasteiger partial charge in [-0.3, -0.25) is 0 Å². The molecule has 1 aliphatic heterocycles. The SMILES string of the molecule is CCCc1cnc(N2CCC[C@](CO)(CN(C)C)C2)nc1. The predicted molar refractivity (Wildman–Crippen MR) is 85.5 cm³/mol. The van der Waals surface area contributed by atoms with Gasteiger partial charge in [-0.2, -0.15) is 0 Å². The third-order valence-corrected chi connectivity index (χ3v) is 4.16. The highest BCUT2D eigenvalue weighted by molar-refractivity contribution is 5.31. The number of hydrogen-bond acceptors (Lipinski definition) is 5. The van der Waals surface area contributed by atoms with Crippen molar-refractivity contribution in [1.29, 1.82) is 0 Å². The van der Waals surface area contributed by atoms with Gasteiger partial charge in [0.15, 0.2) is 0 Å². The second-order valence-corrected chi connectivity index (χ2v) is 6.56. The maximum atomic E-state index is 9.88. The van der Waals surface area contributed by atoms with Gasteiger partial charge in [0.25, 0.3) is 0 Å². The van der Waals surface area contributed by atoms with Crippen LogP contribution in [0.5, 0.6) is 0 Å². The number of nitrogens with zero attached hydrogens (tertiary/aromatic N) is 4. The number of anilines is 1. The fourth-order valence-electron chi connectivity index (χ4n) is 3.29. The molecule has 1 aromatic rings. The minimum atomic E-state index is -0.0623.